The van der Waals surface area contributed by atoms with Crippen LogP contribution in [-0.2, 0) is 9.53 Å². The molecule has 0 saturated heterocycles. The van der Waals surface area contributed by atoms with Crippen LogP contribution in [0.3, 0.4) is 0 Å². The van der Waals surface area contributed by atoms with Gasteiger partial charge in [-0.2, -0.15) is 0 Å². The number of allylic oxidation sites excluding steroid dienone is 1. The lowest BCUT2D eigenvalue weighted by molar-refractivity contribution is -0.117. The van der Waals surface area contributed by atoms with Crippen LogP contribution in [0.2, 0.25) is 0 Å². The highest BCUT2D eigenvalue weighted by Gasteiger charge is 2.29. The molecule has 74 valence electrons. The molecule has 0 aromatic heterocycles. The van der Waals surface area contributed by atoms with E-state index in [1.165, 1.54) is 0 Å². The maximum absolute atomic E-state index is 11.4. The van der Waals surface area contributed by atoms with E-state index in [9.17, 15) is 4.79 Å². The van der Waals surface area contributed by atoms with Gasteiger partial charge in [-0.1, -0.05) is 13.8 Å². The van der Waals surface area contributed by atoms with Crippen molar-refractivity contribution < 1.29 is 9.53 Å². The van der Waals surface area contributed by atoms with Crippen LogP contribution in [0.1, 0.15) is 40.0 Å². The molecule has 0 aromatic rings. The molecule has 1 rings (SSSR count). The van der Waals surface area contributed by atoms with E-state index < -0.39 is 0 Å². The minimum Gasteiger partial charge on any atom is -0.501 e. The Labute approximate surface area is 80.0 Å². The van der Waals surface area contributed by atoms with E-state index in [2.05, 4.69) is 13.8 Å². The van der Waals surface area contributed by atoms with Crippen molar-refractivity contribution in [3.8, 4) is 0 Å². The van der Waals surface area contributed by atoms with Gasteiger partial charge in [-0.3, -0.25) is 4.79 Å². The zero-order valence-electron chi connectivity index (χ0n) is 8.72. The van der Waals surface area contributed by atoms with Crippen molar-refractivity contribution in [2.75, 3.05) is 6.61 Å². The summed E-state index contributed by atoms with van der Waals surface area (Å²) in [6.07, 6.45) is 4.16. The van der Waals surface area contributed by atoms with E-state index in [0.29, 0.717) is 13.0 Å². The van der Waals surface area contributed by atoms with Gasteiger partial charge in [0.05, 0.1) is 12.9 Å². The van der Waals surface area contributed by atoms with Gasteiger partial charge >= 0.3 is 0 Å². The molecule has 0 unspecified atom stereocenters. The quantitative estimate of drug-likeness (QED) is 0.485. The van der Waals surface area contributed by atoms with Gasteiger partial charge in [0.15, 0.2) is 5.78 Å². The van der Waals surface area contributed by atoms with E-state index in [-0.39, 0.29) is 11.2 Å². The zero-order valence-corrected chi connectivity index (χ0v) is 8.72. The first-order valence-electron chi connectivity index (χ1n) is 4.89. The number of hydrogen-bond acceptors (Lipinski definition) is 2. The molecule has 2 nitrogen and oxygen atoms in total. The Hall–Kier alpha value is -0.790. The van der Waals surface area contributed by atoms with E-state index in [1.807, 2.05) is 6.92 Å². The summed E-state index contributed by atoms with van der Waals surface area (Å²) in [6, 6.07) is 0. The summed E-state index contributed by atoms with van der Waals surface area (Å²) in [5, 5.41) is 0. The molecule has 0 N–H and O–H groups in total. The Morgan fingerprint density at radius 2 is 2.23 bits per heavy atom. The fourth-order valence-electron chi connectivity index (χ4n) is 1.61. The summed E-state index contributed by atoms with van der Waals surface area (Å²) in [4.78, 5) is 11.4. The lowest BCUT2D eigenvalue weighted by Crippen LogP contribution is -2.23. The third kappa shape index (κ3) is 2.87. The Morgan fingerprint density at radius 1 is 1.54 bits per heavy atom. The number of ether oxygens (including phenoxy) is 1. The standard InChI is InChI=1S/C11H18O2/c1-4-13-8-9-7-11(2,3)6-5-10(9)12/h8H,4-7H2,1-3H3/b9-8-. The second-order valence-electron chi connectivity index (χ2n) is 4.36. The van der Waals surface area contributed by atoms with Crippen LogP contribution >= 0.6 is 0 Å². The first-order valence-corrected chi connectivity index (χ1v) is 4.89. The van der Waals surface area contributed by atoms with Crippen molar-refractivity contribution >= 4 is 5.78 Å². The van der Waals surface area contributed by atoms with Crippen molar-refractivity contribution in [2.24, 2.45) is 5.41 Å². The highest BCUT2D eigenvalue weighted by Crippen LogP contribution is 2.36. The Bertz CT molecular complexity index is 226. The lowest BCUT2D eigenvalue weighted by Gasteiger charge is -2.29. The van der Waals surface area contributed by atoms with Gasteiger partial charge < -0.3 is 4.74 Å². The molecule has 1 fully saturated rings. The SMILES string of the molecule is CCO/C=C1/CC(C)(C)CCC1=O. The van der Waals surface area contributed by atoms with Gasteiger partial charge in [-0.15, -0.1) is 0 Å². The maximum atomic E-state index is 11.4. The molecule has 0 amide bonds. The summed E-state index contributed by atoms with van der Waals surface area (Å²) in [6.45, 7) is 6.95. The lowest BCUT2D eigenvalue weighted by atomic mass is 9.75. The number of hydrogen-bond donors (Lipinski definition) is 0. The zero-order chi connectivity index (χ0) is 9.90. The van der Waals surface area contributed by atoms with Crippen LogP contribution in [0.25, 0.3) is 0 Å². The minimum atomic E-state index is 0.257. The van der Waals surface area contributed by atoms with Gasteiger partial charge in [-0.05, 0) is 25.2 Å². The molecule has 0 atom stereocenters. The first-order chi connectivity index (χ1) is 6.05. The predicted octanol–water partition coefficient (Wildman–Crippen LogP) is 2.69. The van der Waals surface area contributed by atoms with Crippen LogP contribution < -0.4 is 0 Å². The minimum absolute atomic E-state index is 0.257. The summed E-state index contributed by atoms with van der Waals surface area (Å²) >= 11 is 0. The molecule has 0 aliphatic heterocycles. The van der Waals surface area contributed by atoms with Crippen molar-refractivity contribution in [1.29, 1.82) is 0 Å². The van der Waals surface area contributed by atoms with Gasteiger partial charge in [0.2, 0.25) is 0 Å². The molecule has 0 aromatic carbocycles. The summed E-state index contributed by atoms with van der Waals surface area (Å²) in [7, 11) is 0. The average molecular weight is 182 g/mol. The van der Waals surface area contributed by atoms with Crippen molar-refractivity contribution in [3.05, 3.63) is 11.8 Å². The predicted molar refractivity (Wildman–Crippen MR) is 52.3 cm³/mol. The third-order valence-corrected chi connectivity index (χ3v) is 2.45. The first kappa shape index (κ1) is 10.3. The molecular formula is C11H18O2. The molecule has 0 bridgehead atoms. The molecule has 0 spiro atoms. The molecule has 1 aliphatic rings. The number of carbonyl (C=O) groups is 1. The molecule has 13 heavy (non-hydrogen) atoms. The average Bonchev–Trinajstić information content (AvgIpc) is 2.07. The third-order valence-electron chi connectivity index (χ3n) is 2.45. The summed E-state index contributed by atoms with van der Waals surface area (Å²) in [5.74, 6) is 0.257. The second-order valence-corrected chi connectivity index (χ2v) is 4.36. The van der Waals surface area contributed by atoms with Gasteiger partial charge in [0, 0.05) is 12.0 Å². The number of carbonyl (C=O) groups excluding carboxylic acids is 1. The second kappa shape index (κ2) is 3.95. The molecule has 1 saturated carbocycles. The van der Waals surface area contributed by atoms with Crippen molar-refractivity contribution in [3.63, 3.8) is 0 Å². The van der Waals surface area contributed by atoms with E-state index in [1.54, 1.807) is 6.26 Å². The molecule has 0 heterocycles. The van der Waals surface area contributed by atoms with Crippen molar-refractivity contribution in [2.45, 2.75) is 40.0 Å². The summed E-state index contributed by atoms with van der Waals surface area (Å²) in [5.41, 5.74) is 1.12. The smallest absolute Gasteiger partial charge is 0.161 e. The van der Waals surface area contributed by atoms with E-state index in [4.69, 9.17) is 4.74 Å². The highest BCUT2D eigenvalue weighted by atomic mass is 16.5. The van der Waals surface area contributed by atoms with Crippen LogP contribution in [0.5, 0.6) is 0 Å². The van der Waals surface area contributed by atoms with Gasteiger partial charge in [0.25, 0.3) is 0 Å². The van der Waals surface area contributed by atoms with E-state index >= 15 is 0 Å². The maximum Gasteiger partial charge on any atom is 0.161 e. The summed E-state index contributed by atoms with van der Waals surface area (Å²) < 4.78 is 5.15. The Kier molecular flexibility index (Phi) is 3.12. The van der Waals surface area contributed by atoms with Crippen molar-refractivity contribution in [1.82, 2.24) is 0 Å². The van der Waals surface area contributed by atoms with Gasteiger partial charge in [-0.25, -0.2) is 0 Å². The Balaban J connectivity index is 2.66. The fraction of sp³-hybridized carbons (Fsp3) is 0.727. The topological polar surface area (TPSA) is 26.3 Å². The molecule has 2 heteroatoms. The number of rotatable bonds is 2. The highest BCUT2D eigenvalue weighted by molar-refractivity contribution is 5.95. The van der Waals surface area contributed by atoms with Crippen LogP contribution in [0.15, 0.2) is 11.8 Å². The number of Topliss-reactive ketones (excluding diaryl/α,β-unsaturated/α-hetero) is 1. The van der Waals surface area contributed by atoms with E-state index in [0.717, 1.165) is 18.4 Å². The molecular weight excluding hydrogens is 164 g/mol. The van der Waals surface area contributed by atoms with Crippen LogP contribution in [0, 0.1) is 5.41 Å². The fourth-order valence-corrected chi connectivity index (χ4v) is 1.61. The molecule has 0 radical (unpaired) electrons. The number of ketones is 1. The van der Waals surface area contributed by atoms with Crippen LogP contribution in [0.4, 0.5) is 0 Å². The monoisotopic (exact) mass is 182 g/mol. The molecule has 1 aliphatic carbocycles. The largest absolute Gasteiger partial charge is 0.501 e. The normalized spacial score (nSPS) is 24.8. The Morgan fingerprint density at radius 3 is 2.85 bits per heavy atom. The van der Waals surface area contributed by atoms with Gasteiger partial charge in [0.1, 0.15) is 0 Å². The van der Waals surface area contributed by atoms with Crippen LogP contribution in [-0.4, -0.2) is 12.4 Å².